The van der Waals surface area contributed by atoms with E-state index in [1.165, 1.54) is 37.3 Å². The number of alkyl halides is 3. The van der Waals surface area contributed by atoms with E-state index in [2.05, 4.69) is 10.3 Å². The van der Waals surface area contributed by atoms with Gasteiger partial charge in [-0.1, -0.05) is 18.2 Å². The van der Waals surface area contributed by atoms with Crippen molar-refractivity contribution in [1.82, 2.24) is 9.88 Å². The minimum atomic E-state index is -2.91. The Morgan fingerprint density at radius 1 is 1.28 bits per heavy atom. The van der Waals surface area contributed by atoms with Crippen molar-refractivity contribution in [1.29, 1.82) is 0 Å². The number of ether oxygens (including phenoxy) is 1. The molecule has 1 aromatic heterocycles. The molecule has 9 heteroatoms. The van der Waals surface area contributed by atoms with Gasteiger partial charge in [-0.2, -0.15) is 0 Å². The van der Waals surface area contributed by atoms with Crippen molar-refractivity contribution in [2.24, 2.45) is 0 Å². The highest BCUT2D eigenvalue weighted by atomic mass is 19.3. The number of aromatic nitrogens is 1. The standard InChI is InChI=1S/C23H21F4N3O2/c1-13(31)30-11-23(27,12-30)17-8-16-18(6-7-28-19(16)9-20(17)32-2)29-10-14-4-3-5-15(21(14)24)22(25)26/h3-9,22H,10-12H2,1-2H3,(H,28,29). The minimum Gasteiger partial charge on any atom is -0.496 e. The van der Waals surface area contributed by atoms with E-state index in [0.717, 1.165) is 6.07 Å². The first kappa shape index (κ1) is 21.9. The molecule has 5 nitrogen and oxygen atoms in total. The average molecular weight is 447 g/mol. The number of benzene rings is 2. The van der Waals surface area contributed by atoms with Crippen molar-refractivity contribution >= 4 is 22.5 Å². The molecule has 0 aliphatic carbocycles. The maximum atomic E-state index is 15.5. The highest BCUT2D eigenvalue weighted by Gasteiger charge is 2.48. The summed E-state index contributed by atoms with van der Waals surface area (Å²) < 4.78 is 61.3. The minimum absolute atomic E-state index is 0.0498. The van der Waals surface area contributed by atoms with Gasteiger partial charge in [-0.15, -0.1) is 0 Å². The molecule has 0 saturated carbocycles. The van der Waals surface area contributed by atoms with Crippen LogP contribution in [0.5, 0.6) is 5.75 Å². The van der Waals surface area contributed by atoms with Crippen LogP contribution in [0, 0.1) is 5.82 Å². The van der Waals surface area contributed by atoms with Gasteiger partial charge in [0.2, 0.25) is 5.91 Å². The van der Waals surface area contributed by atoms with Crippen LogP contribution in [0.15, 0.2) is 42.6 Å². The number of hydrogen-bond donors (Lipinski definition) is 1. The first-order chi connectivity index (χ1) is 15.2. The molecular weight excluding hydrogens is 426 g/mol. The maximum Gasteiger partial charge on any atom is 0.266 e. The molecule has 0 spiro atoms. The van der Waals surface area contributed by atoms with Crippen LogP contribution < -0.4 is 10.1 Å². The normalized spacial score (nSPS) is 15.0. The van der Waals surface area contributed by atoms with E-state index in [-0.39, 0.29) is 36.7 Å². The van der Waals surface area contributed by atoms with Crippen LogP contribution in [0.3, 0.4) is 0 Å². The van der Waals surface area contributed by atoms with Crippen LogP contribution in [-0.4, -0.2) is 36.0 Å². The largest absolute Gasteiger partial charge is 0.496 e. The summed E-state index contributed by atoms with van der Waals surface area (Å²) in [6.45, 7) is 1.16. The van der Waals surface area contributed by atoms with Gasteiger partial charge in [0.15, 0.2) is 5.67 Å². The number of halogens is 4. The summed E-state index contributed by atoms with van der Waals surface area (Å²) in [6, 6.07) is 8.69. The smallest absolute Gasteiger partial charge is 0.266 e. The van der Waals surface area contributed by atoms with Gasteiger partial charge in [0.25, 0.3) is 6.43 Å². The maximum absolute atomic E-state index is 15.5. The molecule has 3 aromatic rings. The number of hydrogen-bond acceptors (Lipinski definition) is 4. The first-order valence-corrected chi connectivity index (χ1v) is 9.94. The molecule has 168 valence electrons. The number of pyridine rings is 1. The number of likely N-dealkylation sites (tertiary alicyclic amines) is 1. The summed E-state index contributed by atoms with van der Waals surface area (Å²) >= 11 is 0. The molecule has 32 heavy (non-hydrogen) atoms. The van der Waals surface area contributed by atoms with Gasteiger partial charge in [0.1, 0.15) is 11.6 Å². The molecule has 0 radical (unpaired) electrons. The Bertz CT molecular complexity index is 1180. The van der Waals surface area contributed by atoms with Crippen molar-refractivity contribution in [2.75, 3.05) is 25.5 Å². The molecule has 2 aromatic carbocycles. The van der Waals surface area contributed by atoms with Gasteiger partial charge < -0.3 is 15.0 Å². The van der Waals surface area contributed by atoms with Crippen LogP contribution in [0.1, 0.15) is 30.0 Å². The number of methoxy groups -OCH3 is 1. The Morgan fingerprint density at radius 2 is 2.03 bits per heavy atom. The topological polar surface area (TPSA) is 54.5 Å². The van der Waals surface area contributed by atoms with E-state index in [0.29, 0.717) is 22.3 Å². The number of anilines is 1. The summed E-state index contributed by atoms with van der Waals surface area (Å²) in [4.78, 5) is 17.2. The Balaban J connectivity index is 1.68. The first-order valence-electron chi connectivity index (χ1n) is 9.94. The van der Waals surface area contributed by atoms with Crippen LogP contribution >= 0.6 is 0 Å². The third-order valence-electron chi connectivity index (χ3n) is 5.69. The number of nitrogens with zero attached hydrogens (tertiary/aromatic N) is 2. The molecule has 0 bridgehead atoms. The lowest BCUT2D eigenvalue weighted by Gasteiger charge is -2.44. The van der Waals surface area contributed by atoms with Crippen molar-refractivity contribution < 1.29 is 27.1 Å². The van der Waals surface area contributed by atoms with Gasteiger partial charge in [0, 0.05) is 47.9 Å². The lowest BCUT2D eigenvalue weighted by molar-refractivity contribution is -0.143. The van der Waals surface area contributed by atoms with Crippen LogP contribution in [0.2, 0.25) is 0 Å². The number of nitrogens with one attached hydrogen (secondary N) is 1. The monoisotopic (exact) mass is 447 g/mol. The van der Waals surface area contributed by atoms with Crippen LogP contribution in [0.25, 0.3) is 10.9 Å². The number of rotatable bonds is 6. The molecule has 0 atom stereocenters. The number of carbonyl (C=O) groups excluding carboxylic acids is 1. The zero-order chi connectivity index (χ0) is 23.0. The van der Waals surface area contributed by atoms with Crippen molar-refractivity contribution in [3.05, 3.63) is 65.1 Å². The Morgan fingerprint density at radius 3 is 2.69 bits per heavy atom. The van der Waals surface area contributed by atoms with E-state index < -0.39 is 23.5 Å². The second-order valence-electron chi connectivity index (χ2n) is 7.74. The highest BCUT2D eigenvalue weighted by Crippen LogP contribution is 2.43. The lowest BCUT2D eigenvalue weighted by atomic mass is 9.86. The number of amides is 1. The van der Waals surface area contributed by atoms with Gasteiger partial charge in [0.05, 0.1) is 31.3 Å². The fraction of sp³-hybridized carbons (Fsp3) is 0.304. The van der Waals surface area contributed by atoms with E-state index in [1.54, 1.807) is 18.2 Å². The highest BCUT2D eigenvalue weighted by molar-refractivity contribution is 5.93. The molecule has 1 aliphatic rings. The molecule has 0 unspecified atom stereocenters. The quantitative estimate of drug-likeness (QED) is 0.543. The predicted octanol–water partition coefficient (Wildman–Crippen LogP) is 4.96. The molecule has 1 N–H and O–H groups in total. The summed E-state index contributed by atoms with van der Waals surface area (Å²) in [5.74, 6) is -0.865. The summed E-state index contributed by atoms with van der Waals surface area (Å²) in [6.07, 6.45) is -1.38. The second kappa shape index (κ2) is 8.29. The predicted molar refractivity (Wildman–Crippen MR) is 112 cm³/mol. The molecule has 1 amide bonds. The van der Waals surface area contributed by atoms with Gasteiger partial charge in [-0.25, -0.2) is 17.6 Å². The molecule has 2 heterocycles. The van der Waals surface area contributed by atoms with E-state index >= 15 is 4.39 Å². The Labute approximate surface area is 182 Å². The summed E-state index contributed by atoms with van der Waals surface area (Å²) in [5.41, 5.74) is -1.01. The molecular formula is C23H21F4N3O2. The molecule has 4 rings (SSSR count). The van der Waals surface area contributed by atoms with E-state index in [9.17, 15) is 18.0 Å². The van der Waals surface area contributed by atoms with Crippen LogP contribution in [-0.2, 0) is 17.0 Å². The van der Waals surface area contributed by atoms with E-state index in [4.69, 9.17) is 4.74 Å². The zero-order valence-electron chi connectivity index (χ0n) is 17.5. The third-order valence-corrected chi connectivity index (χ3v) is 5.69. The van der Waals surface area contributed by atoms with E-state index in [1.807, 2.05) is 0 Å². The second-order valence-corrected chi connectivity index (χ2v) is 7.74. The van der Waals surface area contributed by atoms with Crippen molar-refractivity contribution in [2.45, 2.75) is 25.6 Å². The molecule has 1 saturated heterocycles. The Hall–Kier alpha value is -3.36. The van der Waals surface area contributed by atoms with Gasteiger partial charge in [-0.05, 0) is 12.1 Å². The van der Waals surface area contributed by atoms with Gasteiger partial charge >= 0.3 is 0 Å². The fourth-order valence-electron chi connectivity index (χ4n) is 3.89. The Kier molecular flexibility index (Phi) is 5.66. The SMILES string of the molecule is COc1cc2nccc(NCc3cccc(C(F)F)c3F)c2cc1C1(F)CN(C(C)=O)C1. The fourth-order valence-corrected chi connectivity index (χ4v) is 3.89. The summed E-state index contributed by atoms with van der Waals surface area (Å²) in [5, 5.41) is 3.60. The third kappa shape index (κ3) is 3.83. The molecule has 1 aliphatic heterocycles. The number of carbonyl (C=O) groups is 1. The van der Waals surface area contributed by atoms with Crippen molar-refractivity contribution in [3.63, 3.8) is 0 Å². The summed E-state index contributed by atoms with van der Waals surface area (Å²) in [7, 11) is 1.43. The average Bonchev–Trinajstić information content (AvgIpc) is 2.74. The lowest BCUT2D eigenvalue weighted by Crippen LogP contribution is -2.58. The van der Waals surface area contributed by atoms with Crippen molar-refractivity contribution in [3.8, 4) is 5.75 Å². The number of fused-ring (bicyclic) bond motifs is 1. The zero-order valence-corrected chi connectivity index (χ0v) is 17.5. The van der Waals surface area contributed by atoms with Crippen LogP contribution in [0.4, 0.5) is 23.2 Å². The van der Waals surface area contributed by atoms with Gasteiger partial charge in [-0.3, -0.25) is 9.78 Å². The molecule has 1 fully saturated rings.